The van der Waals surface area contributed by atoms with E-state index >= 15 is 0 Å². The number of ether oxygens (including phenoxy) is 1. The zero-order valence-corrected chi connectivity index (χ0v) is 10.1. The summed E-state index contributed by atoms with van der Waals surface area (Å²) in [5.74, 6) is 0.122. The maximum absolute atomic E-state index is 11.5. The molecule has 0 aliphatic heterocycles. The summed E-state index contributed by atoms with van der Waals surface area (Å²) >= 11 is 6.72. The van der Waals surface area contributed by atoms with E-state index in [-0.39, 0.29) is 12.1 Å². The van der Waals surface area contributed by atoms with Crippen molar-refractivity contribution >= 4 is 28.9 Å². The Morgan fingerprint density at radius 3 is 3.00 bits per heavy atom. The molecule has 1 heterocycles. The predicted octanol–water partition coefficient (Wildman–Crippen LogP) is 2.11. The topological polar surface area (TPSA) is 59.4 Å². The molecular formula is C10H12ClNO3S. The van der Waals surface area contributed by atoms with E-state index in [1.54, 1.807) is 0 Å². The second-order valence-corrected chi connectivity index (χ2v) is 5.51. The van der Waals surface area contributed by atoms with Crippen molar-refractivity contribution in [2.24, 2.45) is 5.92 Å². The SMILES string of the molecule is O=C(OCCC1CC(O)C1)c1cnc(Cl)s1. The van der Waals surface area contributed by atoms with Crippen LogP contribution in [0, 0.1) is 5.92 Å². The molecule has 1 fully saturated rings. The van der Waals surface area contributed by atoms with Gasteiger partial charge >= 0.3 is 5.97 Å². The number of carbonyl (C=O) groups is 1. The van der Waals surface area contributed by atoms with Crippen molar-refractivity contribution in [1.29, 1.82) is 0 Å². The first-order valence-corrected chi connectivity index (χ1v) is 6.31. The minimum absolute atomic E-state index is 0.152. The largest absolute Gasteiger partial charge is 0.461 e. The number of hydrogen-bond donors (Lipinski definition) is 1. The van der Waals surface area contributed by atoms with Gasteiger partial charge in [-0.1, -0.05) is 22.9 Å². The first-order chi connectivity index (χ1) is 7.65. The van der Waals surface area contributed by atoms with Gasteiger partial charge in [-0.25, -0.2) is 9.78 Å². The molecule has 0 saturated heterocycles. The molecule has 6 heteroatoms. The molecule has 0 aromatic carbocycles. The van der Waals surface area contributed by atoms with Crippen LogP contribution in [0.3, 0.4) is 0 Å². The van der Waals surface area contributed by atoms with Crippen LogP contribution < -0.4 is 0 Å². The third kappa shape index (κ3) is 2.93. The van der Waals surface area contributed by atoms with Gasteiger partial charge in [0.05, 0.1) is 18.9 Å². The van der Waals surface area contributed by atoms with E-state index in [9.17, 15) is 4.79 Å². The monoisotopic (exact) mass is 261 g/mol. The Morgan fingerprint density at radius 1 is 1.69 bits per heavy atom. The van der Waals surface area contributed by atoms with Crippen molar-refractivity contribution in [3.05, 3.63) is 15.5 Å². The van der Waals surface area contributed by atoms with E-state index in [0.29, 0.717) is 21.9 Å². The highest BCUT2D eigenvalue weighted by Gasteiger charge is 2.26. The molecule has 1 aliphatic rings. The van der Waals surface area contributed by atoms with E-state index < -0.39 is 0 Å². The fourth-order valence-electron chi connectivity index (χ4n) is 1.67. The molecule has 0 spiro atoms. The molecule has 0 bridgehead atoms. The molecule has 0 radical (unpaired) electrons. The minimum Gasteiger partial charge on any atom is -0.461 e. The number of esters is 1. The maximum atomic E-state index is 11.5. The summed E-state index contributed by atoms with van der Waals surface area (Å²) in [6.45, 7) is 0.395. The number of aliphatic hydroxyl groups is 1. The van der Waals surface area contributed by atoms with Crippen LogP contribution in [0.25, 0.3) is 0 Å². The average Bonchev–Trinajstić information content (AvgIpc) is 2.62. The molecule has 1 N–H and O–H groups in total. The van der Waals surface area contributed by atoms with Crippen LogP contribution in [0.1, 0.15) is 28.9 Å². The number of halogens is 1. The second-order valence-electron chi connectivity index (χ2n) is 3.89. The molecule has 1 aromatic heterocycles. The van der Waals surface area contributed by atoms with Crippen LogP contribution >= 0.6 is 22.9 Å². The Balaban J connectivity index is 1.68. The van der Waals surface area contributed by atoms with Gasteiger partial charge in [0.1, 0.15) is 4.88 Å². The highest BCUT2D eigenvalue weighted by atomic mass is 35.5. The van der Waals surface area contributed by atoms with Crippen LogP contribution in [0.5, 0.6) is 0 Å². The average molecular weight is 262 g/mol. The van der Waals surface area contributed by atoms with Crippen molar-refractivity contribution in [3.63, 3.8) is 0 Å². The predicted molar refractivity (Wildman–Crippen MR) is 60.8 cm³/mol. The van der Waals surface area contributed by atoms with Gasteiger partial charge in [-0.2, -0.15) is 0 Å². The first kappa shape index (κ1) is 11.8. The second kappa shape index (κ2) is 5.12. The third-order valence-electron chi connectivity index (χ3n) is 2.65. The standard InChI is InChI=1S/C10H12ClNO3S/c11-10-12-5-8(16-10)9(14)15-2-1-6-3-7(13)4-6/h5-7,13H,1-4H2. The molecule has 16 heavy (non-hydrogen) atoms. The number of thiazole rings is 1. The number of hydrogen-bond acceptors (Lipinski definition) is 5. The lowest BCUT2D eigenvalue weighted by atomic mass is 9.80. The van der Waals surface area contributed by atoms with Gasteiger partial charge in [-0.3, -0.25) is 0 Å². The van der Waals surface area contributed by atoms with Crippen molar-refractivity contribution in [2.45, 2.75) is 25.4 Å². The van der Waals surface area contributed by atoms with Crippen LogP contribution in [0.2, 0.25) is 4.47 Å². The molecule has 88 valence electrons. The summed E-state index contributed by atoms with van der Waals surface area (Å²) in [7, 11) is 0. The van der Waals surface area contributed by atoms with E-state index in [2.05, 4.69) is 4.98 Å². The summed E-state index contributed by atoms with van der Waals surface area (Å²) in [5.41, 5.74) is 0. The van der Waals surface area contributed by atoms with Crippen molar-refractivity contribution in [3.8, 4) is 0 Å². The van der Waals surface area contributed by atoms with Crippen molar-refractivity contribution in [2.75, 3.05) is 6.61 Å². The highest BCUT2D eigenvalue weighted by Crippen LogP contribution is 2.30. The van der Waals surface area contributed by atoms with E-state index in [1.165, 1.54) is 6.20 Å². The zero-order chi connectivity index (χ0) is 11.5. The van der Waals surface area contributed by atoms with E-state index in [1.807, 2.05) is 0 Å². The number of aliphatic hydroxyl groups excluding tert-OH is 1. The molecule has 0 atom stereocenters. The first-order valence-electron chi connectivity index (χ1n) is 5.11. The zero-order valence-electron chi connectivity index (χ0n) is 8.56. The Labute approximate surface area is 102 Å². The molecule has 0 amide bonds. The molecule has 4 nitrogen and oxygen atoms in total. The highest BCUT2D eigenvalue weighted by molar-refractivity contribution is 7.17. The summed E-state index contributed by atoms with van der Waals surface area (Å²) in [6, 6.07) is 0. The van der Waals surface area contributed by atoms with Crippen molar-refractivity contribution < 1.29 is 14.6 Å². The van der Waals surface area contributed by atoms with E-state index in [0.717, 1.165) is 30.6 Å². The van der Waals surface area contributed by atoms with Gasteiger partial charge in [-0.15, -0.1) is 0 Å². The third-order valence-corrected chi connectivity index (χ3v) is 3.74. The number of nitrogens with zero attached hydrogens (tertiary/aromatic N) is 1. The van der Waals surface area contributed by atoms with Gasteiger partial charge in [-0.05, 0) is 25.2 Å². The molecule has 0 unspecified atom stereocenters. The van der Waals surface area contributed by atoms with Gasteiger partial charge in [0, 0.05) is 0 Å². The van der Waals surface area contributed by atoms with Crippen LogP contribution in [-0.2, 0) is 4.74 Å². The van der Waals surface area contributed by atoms with Gasteiger partial charge in [0.2, 0.25) is 0 Å². The van der Waals surface area contributed by atoms with Gasteiger partial charge in [0.25, 0.3) is 0 Å². The fourth-order valence-corrected chi connectivity index (χ4v) is 2.51. The Morgan fingerprint density at radius 2 is 2.44 bits per heavy atom. The quantitative estimate of drug-likeness (QED) is 0.844. The Hall–Kier alpha value is -0.650. The molecule has 1 aromatic rings. The number of aromatic nitrogens is 1. The minimum atomic E-state index is -0.371. The van der Waals surface area contributed by atoms with Crippen LogP contribution in [0.4, 0.5) is 0 Å². The lowest BCUT2D eigenvalue weighted by Gasteiger charge is -2.30. The Kier molecular flexibility index (Phi) is 3.78. The number of rotatable bonds is 4. The normalized spacial score (nSPS) is 23.9. The lowest BCUT2D eigenvalue weighted by Crippen LogP contribution is -2.29. The molecule has 1 saturated carbocycles. The summed E-state index contributed by atoms with van der Waals surface area (Å²) in [6.07, 6.45) is 3.73. The Bertz CT molecular complexity index is 376. The lowest BCUT2D eigenvalue weighted by molar-refractivity contribution is 0.0205. The summed E-state index contributed by atoms with van der Waals surface area (Å²) in [5, 5.41) is 9.08. The smallest absolute Gasteiger partial charge is 0.350 e. The van der Waals surface area contributed by atoms with Crippen LogP contribution in [0.15, 0.2) is 6.20 Å². The van der Waals surface area contributed by atoms with Gasteiger partial charge < -0.3 is 9.84 Å². The van der Waals surface area contributed by atoms with E-state index in [4.69, 9.17) is 21.4 Å². The summed E-state index contributed by atoms with van der Waals surface area (Å²) in [4.78, 5) is 15.6. The van der Waals surface area contributed by atoms with Gasteiger partial charge in [0.15, 0.2) is 4.47 Å². The fraction of sp³-hybridized carbons (Fsp3) is 0.600. The van der Waals surface area contributed by atoms with Crippen LogP contribution in [-0.4, -0.2) is 28.8 Å². The molecule has 2 rings (SSSR count). The van der Waals surface area contributed by atoms with Crippen molar-refractivity contribution in [1.82, 2.24) is 4.98 Å². The summed E-state index contributed by atoms with van der Waals surface area (Å²) < 4.78 is 5.42. The molecular weight excluding hydrogens is 250 g/mol. The maximum Gasteiger partial charge on any atom is 0.350 e. The molecule has 1 aliphatic carbocycles. The number of carbonyl (C=O) groups excluding carboxylic acids is 1.